The Hall–Kier alpha value is -0.940. The first-order valence-corrected chi connectivity index (χ1v) is 9.17. The van der Waals surface area contributed by atoms with Crippen LogP contribution in [0.25, 0.3) is 0 Å². The number of thiazole rings is 1. The highest BCUT2D eigenvalue weighted by Gasteiger charge is 2.45. The maximum Gasteiger partial charge on any atom is 0.320 e. The quantitative estimate of drug-likeness (QED) is 0.923. The highest BCUT2D eigenvalue weighted by atomic mass is 32.1. The summed E-state index contributed by atoms with van der Waals surface area (Å²) >= 11 is 1.69. The zero-order valence-electron chi connectivity index (χ0n) is 13.7. The van der Waals surface area contributed by atoms with Crippen molar-refractivity contribution in [2.45, 2.75) is 76.9 Å². The SMILES string of the molecule is CC(C)(C)c1nc(CN2C(C(=O)O)CC3CCCCC32)cs1. The third-order valence-corrected chi connectivity index (χ3v) is 6.36. The first-order chi connectivity index (χ1) is 10.4. The highest BCUT2D eigenvalue weighted by molar-refractivity contribution is 7.09. The molecular formula is C17H26N2O2S. The molecule has 1 N–H and O–H groups in total. The van der Waals surface area contributed by atoms with Crippen molar-refractivity contribution in [3.8, 4) is 0 Å². The van der Waals surface area contributed by atoms with E-state index in [1.807, 2.05) is 0 Å². The summed E-state index contributed by atoms with van der Waals surface area (Å²) in [5.41, 5.74) is 1.10. The van der Waals surface area contributed by atoms with Crippen LogP contribution in [0.5, 0.6) is 0 Å². The van der Waals surface area contributed by atoms with Gasteiger partial charge in [0.25, 0.3) is 0 Å². The number of hydrogen-bond donors (Lipinski definition) is 1. The van der Waals surface area contributed by atoms with Gasteiger partial charge in [0.2, 0.25) is 0 Å². The van der Waals surface area contributed by atoms with Crippen molar-refractivity contribution in [3.05, 3.63) is 16.1 Å². The Labute approximate surface area is 136 Å². The predicted octanol–water partition coefficient (Wildman–Crippen LogP) is 3.66. The molecule has 22 heavy (non-hydrogen) atoms. The molecule has 3 unspecified atom stereocenters. The summed E-state index contributed by atoms with van der Waals surface area (Å²) in [4.78, 5) is 18.6. The van der Waals surface area contributed by atoms with E-state index in [1.165, 1.54) is 19.3 Å². The van der Waals surface area contributed by atoms with Gasteiger partial charge < -0.3 is 5.11 Å². The molecule has 1 aliphatic carbocycles. The Balaban J connectivity index is 1.79. The van der Waals surface area contributed by atoms with Crippen LogP contribution in [-0.2, 0) is 16.8 Å². The molecule has 1 saturated carbocycles. The van der Waals surface area contributed by atoms with E-state index in [2.05, 4.69) is 31.1 Å². The number of hydrogen-bond acceptors (Lipinski definition) is 4. The first-order valence-electron chi connectivity index (χ1n) is 8.29. The van der Waals surface area contributed by atoms with E-state index in [9.17, 15) is 9.90 Å². The van der Waals surface area contributed by atoms with Crippen molar-refractivity contribution < 1.29 is 9.90 Å². The molecule has 1 aromatic rings. The van der Waals surface area contributed by atoms with E-state index in [0.717, 1.165) is 23.5 Å². The van der Waals surface area contributed by atoms with Gasteiger partial charge in [-0.25, -0.2) is 4.98 Å². The number of rotatable bonds is 3. The van der Waals surface area contributed by atoms with Gasteiger partial charge in [0.15, 0.2) is 0 Å². The standard InChI is InChI=1S/C17H26N2O2S/c1-17(2,3)16-18-12(10-22-16)9-19-13-7-5-4-6-11(13)8-14(19)15(20)21/h10-11,13-14H,4-9H2,1-3H3,(H,20,21). The second kappa shape index (κ2) is 5.93. The van der Waals surface area contributed by atoms with Crippen molar-refractivity contribution >= 4 is 17.3 Å². The lowest BCUT2D eigenvalue weighted by molar-refractivity contribution is -0.142. The molecular weight excluding hydrogens is 296 g/mol. The van der Waals surface area contributed by atoms with Crippen LogP contribution in [0.3, 0.4) is 0 Å². The fraction of sp³-hybridized carbons (Fsp3) is 0.765. The maximum atomic E-state index is 11.7. The molecule has 0 radical (unpaired) electrons. The second-order valence-electron chi connectivity index (χ2n) is 7.77. The van der Waals surface area contributed by atoms with Gasteiger partial charge in [-0.05, 0) is 25.2 Å². The van der Waals surface area contributed by atoms with Crippen LogP contribution in [-0.4, -0.2) is 33.0 Å². The molecule has 4 nitrogen and oxygen atoms in total. The van der Waals surface area contributed by atoms with Crippen molar-refractivity contribution in [1.82, 2.24) is 9.88 Å². The Kier molecular flexibility index (Phi) is 4.29. The largest absolute Gasteiger partial charge is 0.480 e. The fourth-order valence-electron chi connectivity index (χ4n) is 3.93. The van der Waals surface area contributed by atoms with Crippen molar-refractivity contribution in [1.29, 1.82) is 0 Å². The van der Waals surface area contributed by atoms with Gasteiger partial charge in [-0.3, -0.25) is 9.69 Å². The van der Waals surface area contributed by atoms with E-state index in [1.54, 1.807) is 11.3 Å². The molecule has 1 saturated heterocycles. The third-order valence-electron chi connectivity index (χ3n) is 5.04. The van der Waals surface area contributed by atoms with Crippen LogP contribution in [0.1, 0.15) is 63.6 Å². The van der Waals surface area contributed by atoms with Gasteiger partial charge in [0.05, 0.1) is 10.7 Å². The third kappa shape index (κ3) is 3.06. The summed E-state index contributed by atoms with van der Waals surface area (Å²) in [6.45, 7) is 7.19. The zero-order chi connectivity index (χ0) is 15.9. The second-order valence-corrected chi connectivity index (χ2v) is 8.63. The molecule has 122 valence electrons. The Morgan fingerprint density at radius 1 is 1.41 bits per heavy atom. The predicted molar refractivity (Wildman–Crippen MR) is 88.1 cm³/mol. The summed E-state index contributed by atoms with van der Waals surface area (Å²) < 4.78 is 0. The van der Waals surface area contributed by atoms with Gasteiger partial charge in [-0.15, -0.1) is 11.3 Å². The van der Waals surface area contributed by atoms with Gasteiger partial charge in [0.1, 0.15) is 6.04 Å². The molecule has 5 heteroatoms. The van der Waals surface area contributed by atoms with E-state index in [0.29, 0.717) is 18.5 Å². The zero-order valence-corrected chi connectivity index (χ0v) is 14.5. The van der Waals surface area contributed by atoms with Crippen LogP contribution in [0.15, 0.2) is 5.38 Å². The van der Waals surface area contributed by atoms with E-state index < -0.39 is 5.97 Å². The van der Waals surface area contributed by atoms with Gasteiger partial charge in [-0.2, -0.15) is 0 Å². The Morgan fingerprint density at radius 2 is 2.14 bits per heavy atom. The monoisotopic (exact) mass is 322 g/mol. The lowest BCUT2D eigenvalue weighted by Gasteiger charge is -2.32. The average molecular weight is 322 g/mol. The molecule has 2 heterocycles. The lowest BCUT2D eigenvalue weighted by atomic mass is 9.85. The molecule has 0 spiro atoms. The van der Waals surface area contributed by atoms with Crippen LogP contribution in [0, 0.1) is 5.92 Å². The van der Waals surface area contributed by atoms with Crippen molar-refractivity contribution in [3.63, 3.8) is 0 Å². The Morgan fingerprint density at radius 3 is 2.77 bits per heavy atom. The molecule has 3 atom stereocenters. The average Bonchev–Trinajstić information content (AvgIpc) is 3.04. The number of carbonyl (C=O) groups is 1. The smallest absolute Gasteiger partial charge is 0.320 e. The Bertz CT molecular complexity index is 549. The number of aliphatic carboxylic acids is 1. The van der Waals surface area contributed by atoms with Crippen LogP contribution in [0.2, 0.25) is 0 Å². The molecule has 1 aliphatic heterocycles. The topological polar surface area (TPSA) is 53.4 Å². The highest BCUT2D eigenvalue weighted by Crippen LogP contribution is 2.40. The molecule has 0 amide bonds. The number of fused-ring (bicyclic) bond motifs is 1. The maximum absolute atomic E-state index is 11.7. The molecule has 0 aromatic carbocycles. The number of nitrogens with zero attached hydrogens (tertiary/aromatic N) is 2. The summed E-state index contributed by atoms with van der Waals surface area (Å²) in [6.07, 6.45) is 5.64. The number of likely N-dealkylation sites (tertiary alicyclic amines) is 1. The minimum absolute atomic E-state index is 0.0630. The number of carboxylic acids is 1. The minimum Gasteiger partial charge on any atom is -0.480 e. The summed E-state index contributed by atoms with van der Waals surface area (Å²) in [7, 11) is 0. The van der Waals surface area contributed by atoms with E-state index in [-0.39, 0.29) is 11.5 Å². The van der Waals surface area contributed by atoms with Gasteiger partial charge in [-0.1, -0.05) is 33.6 Å². The molecule has 2 fully saturated rings. The number of aromatic nitrogens is 1. The summed E-state index contributed by atoms with van der Waals surface area (Å²) in [5, 5.41) is 12.8. The minimum atomic E-state index is -0.666. The molecule has 3 rings (SSSR count). The summed E-state index contributed by atoms with van der Waals surface area (Å²) in [5.74, 6) is -0.101. The van der Waals surface area contributed by atoms with Crippen LogP contribution in [0.4, 0.5) is 0 Å². The lowest BCUT2D eigenvalue weighted by Crippen LogP contribution is -2.41. The fourth-order valence-corrected chi connectivity index (χ4v) is 4.83. The molecule has 2 aliphatic rings. The van der Waals surface area contributed by atoms with Crippen molar-refractivity contribution in [2.24, 2.45) is 5.92 Å². The molecule has 1 aromatic heterocycles. The van der Waals surface area contributed by atoms with E-state index in [4.69, 9.17) is 4.98 Å². The normalized spacial score (nSPS) is 29.5. The molecule has 0 bridgehead atoms. The first kappa shape index (κ1) is 15.9. The van der Waals surface area contributed by atoms with E-state index >= 15 is 0 Å². The van der Waals surface area contributed by atoms with Crippen LogP contribution < -0.4 is 0 Å². The number of carboxylic acid groups (broad SMARTS) is 1. The van der Waals surface area contributed by atoms with Crippen molar-refractivity contribution in [2.75, 3.05) is 0 Å². The summed E-state index contributed by atoms with van der Waals surface area (Å²) in [6, 6.07) is 0.113. The van der Waals surface area contributed by atoms with Gasteiger partial charge >= 0.3 is 5.97 Å². The van der Waals surface area contributed by atoms with Gasteiger partial charge in [0, 0.05) is 23.4 Å². The van der Waals surface area contributed by atoms with Crippen LogP contribution >= 0.6 is 11.3 Å².